The number of amides is 1. The predicted molar refractivity (Wildman–Crippen MR) is 85.0 cm³/mol. The Kier molecular flexibility index (Phi) is 3.16. The van der Waals surface area contributed by atoms with Gasteiger partial charge in [0.1, 0.15) is 5.92 Å². The highest BCUT2D eigenvalue weighted by atomic mass is 16.5. The van der Waals surface area contributed by atoms with Crippen LogP contribution >= 0.6 is 0 Å². The highest BCUT2D eigenvalue weighted by Crippen LogP contribution is 2.39. The van der Waals surface area contributed by atoms with Gasteiger partial charge in [0.15, 0.2) is 0 Å². The molecular weight excluding hydrogens is 294 g/mol. The molecular formula is C18H15NO4. The van der Waals surface area contributed by atoms with Crippen molar-refractivity contribution in [3.05, 3.63) is 54.6 Å². The van der Waals surface area contributed by atoms with Crippen LogP contribution in [0.15, 0.2) is 54.6 Å². The molecule has 116 valence electrons. The van der Waals surface area contributed by atoms with E-state index in [4.69, 9.17) is 4.74 Å². The summed E-state index contributed by atoms with van der Waals surface area (Å²) < 4.78 is 5.54. The molecule has 2 heterocycles. The van der Waals surface area contributed by atoms with E-state index in [1.807, 2.05) is 42.5 Å². The number of rotatable bonds is 3. The van der Waals surface area contributed by atoms with Gasteiger partial charge in [-0.3, -0.25) is 9.59 Å². The van der Waals surface area contributed by atoms with Crippen molar-refractivity contribution in [2.75, 3.05) is 5.32 Å². The zero-order valence-corrected chi connectivity index (χ0v) is 12.2. The van der Waals surface area contributed by atoms with Gasteiger partial charge in [-0.2, -0.15) is 0 Å². The number of aliphatic carboxylic acids is 1. The van der Waals surface area contributed by atoms with Crippen LogP contribution in [0.3, 0.4) is 0 Å². The molecule has 4 rings (SSSR count). The van der Waals surface area contributed by atoms with Crippen LogP contribution in [-0.2, 0) is 14.3 Å². The maximum absolute atomic E-state index is 12.6. The first-order valence-electron chi connectivity index (χ1n) is 7.50. The third kappa shape index (κ3) is 2.29. The number of hydrogen-bond donors (Lipinski definition) is 2. The van der Waals surface area contributed by atoms with Crippen molar-refractivity contribution in [1.82, 2.24) is 0 Å². The number of carbonyl (C=O) groups excluding carboxylic acids is 1. The van der Waals surface area contributed by atoms with Crippen LogP contribution in [0, 0.1) is 11.8 Å². The molecule has 1 saturated heterocycles. The summed E-state index contributed by atoms with van der Waals surface area (Å²) in [6, 6.07) is 13.5. The van der Waals surface area contributed by atoms with E-state index in [-0.39, 0.29) is 5.91 Å². The molecule has 2 aromatic rings. The maximum atomic E-state index is 12.6. The molecule has 0 aromatic heterocycles. The van der Waals surface area contributed by atoms with Crippen LogP contribution < -0.4 is 5.32 Å². The molecule has 5 heteroatoms. The van der Waals surface area contributed by atoms with Crippen molar-refractivity contribution in [3.8, 4) is 0 Å². The summed E-state index contributed by atoms with van der Waals surface area (Å²) in [5.74, 6) is -2.84. The minimum Gasteiger partial charge on any atom is -0.481 e. The lowest BCUT2D eigenvalue weighted by Crippen LogP contribution is -2.39. The Morgan fingerprint density at radius 3 is 2.39 bits per heavy atom. The lowest BCUT2D eigenvalue weighted by atomic mass is 9.82. The molecule has 4 atom stereocenters. The van der Waals surface area contributed by atoms with Crippen molar-refractivity contribution in [1.29, 1.82) is 0 Å². The number of nitrogens with one attached hydrogen (secondary N) is 1. The number of fused-ring (bicyclic) bond motifs is 3. The van der Waals surface area contributed by atoms with Gasteiger partial charge in [-0.05, 0) is 22.9 Å². The number of carboxylic acids is 1. The van der Waals surface area contributed by atoms with Crippen LogP contribution in [0.25, 0.3) is 10.8 Å². The average Bonchev–Trinajstić information content (AvgIpc) is 3.15. The quantitative estimate of drug-likeness (QED) is 0.854. The highest BCUT2D eigenvalue weighted by molar-refractivity contribution is 5.98. The molecule has 0 spiro atoms. The van der Waals surface area contributed by atoms with Gasteiger partial charge in [0, 0.05) is 5.69 Å². The Balaban J connectivity index is 1.59. The summed E-state index contributed by atoms with van der Waals surface area (Å²) in [7, 11) is 0. The largest absolute Gasteiger partial charge is 0.481 e. The standard InChI is InChI=1S/C18H15NO4/c20-17(15-13-7-8-14(23-13)16(15)18(21)22)19-12-6-5-10-3-1-2-4-11(10)9-12/h1-9,13-16H,(H,19,20)(H,21,22)/t13-,14-,15-,16-/m1/s1. The second kappa shape index (κ2) is 5.21. The van der Waals surface area contributed by atoms with E-state index < -0.39 is 30.0 Å². The van der Waals surface area contributed by atoms with E-state index in [0.717, 1.165) is 10.8 Å². The molecule has 0 radical (unpaired) electrons. The lowest BCUT2D eigenvalue weighted by Gasteiger charge is -2.21. The number of carboxylic acid groups (broad SMARTS) is 1. The van der Waals surface area contributed by atoms with Crippen molar-refractivity contribution < 1.29 is 19.4 Å². The fourth-order valence-electron chi connectivity index (χ4n) is 3.41. The maximum Gasteiger partial charge on any atom is 0.310 e. The number of ether oxygens (including phenoxy) is 1. The fourth-order valence-corrected chi connectivity index (χ4v) is 3.41. The van der Waals surface area contributed by atoms with E-state index >= 15 is 0 Å². The van der Waals surface area contributed by atoms with E-state index in [1.54, 1.807) is 12.2 Å². The summed E-state index contributed by atoms with van der Waals surface area (Å²) in [6.07, 6.45) is 2.53. The number of anilines is 1. The summed E-state index contributed by atoms with van der Waals surface area (Å²) in [4.78, 5) is 24.0. The van der Waals surface area contributed by atoms with Gasteiger partial charge in [0.2, 0.25) is 5.91 Å². The molecule has 1 amide bonds. The number of benzene rings is 2. The Bertz CT molecular complexity index is 829. The Labute approximate surface area is 132 Å². The normalized spacial score (nSPS) is 28.2. The second-order valence-electron chi connectivity index (χ2n) is 5.89. The smallest absolute Gasteiger partial charge is 0.310 e. The Morgan fingerprint density at radius 2 is 1.65 bits per heavy atom. The van der Waals surface area contributed by atoms with Gasteiger partial charge in [0.05, 0.1) is 18.1 Å². The zero-order valence-electron chi connectivity index (χ0n) is 12.2. The third-order valence-electron chi connectivity index (χ3n) is 4.50. The molecule has 0 unspecified atom stereocenters. The first-order chi connectivity index (χ1) is 11.1. The van der Waals surface area contributed by atoms with Crippen molar-refractivity contribution in [3.63, 3.8) is 0 Å². The molecule has 2 bridgehead atoms. The molecule has 1 fully saturated rings. The van der Waals surface area contributed by atoms with Crippen LogP contribution in [-0.4, -0.2) is 29.2 Å². The van der Waals surface area contributed by atoms with Gasteiger partial charge >= 0.3 is 5.97 Å². The van der Waals surface area contributed by atoms with E-state index in [0.29, 0.717) is 5.69 Å². The van der Waals surface area contributed by atoms with Crippen molar-refractivity contribution in [2.45, 2.75) is 12.2 Å². The average molecular weight is 309 g/mol. The summed E-state index contributed by atoms with van der Waals surface area (Å²) in [6.45, 7) is 0. The van der Waals surface area contributed by atoms with Crippen LogP contribution in [0.1, 0.15) is 0 Å². The predicted octanol–water partition coefficient (Wildman–Crippen LogP) is 2.43. The van der Waals surface area contributed by atoms with Crippen molar-refractivity contribution >= 4 is 28.3 Å². The van der Waals surface area contributed by atoms with E-state index in [2.05, 4.69) is 5.32 Å². The van der Waals surface area contributed by atoms with E-state index in [9.17, 15) is 14.7 Å². The molecule has 2 aliphatic rings. The Hall–Kier alpha value is -2.66. The van der Waals surface area contributed by atoms with Crippen LogP contribution in [0.4, 0.5) is 5.69 Å². The minimum absolute atomic E-state index is 0.315. The molecule has 5 nitrogen and oxygen atoms in total. The minimum atomic E-state index is -1.000. The number of hydrogen-bond acceptors (Lipinski definition) is 3. The summed E-state index contributed by atoms with van der Waals surface area (Å²) >= 11 is 0. The SMILES string of the molecule is O=C(O)[C@H]1[C@H](C(=O)Nc2ccc3ccccc3c2)[C@H]2C=C[C@H]1O2. The van der Waals surface area contributed by atoms with Gasteiger partial charge < -0.3 is 15.2 Å². The monoisotopic (exact) mass is 309 g/mol. The molecule has 0 aliphatic carbocycles. The van der Waals surface area contributed by atoms with Crippen molar-refractivity contribution in [2.24, 2.45) is 11.8 Å². The highest BCUT2D eigenvalue weighted by Gasteiger charge is 2.53. The molecule has 0 saturated carbocycles. The van der Waals surface area contributed by atoms with Gasteiger partial charge in [0.25, 0.3) is 0 Å². The fraction of sp³-hybridized carbons (Fsp3) is 0.222. The molecule has 2 aromatic carbocycles. The molecule has 2 aliphatic heterocycles. The van der Waals surface area contributed by atoms with Crippen LogP contribution in [0.2, 0.25) is 0 Å². The van der Waals surface area contributed by atoms with Gasteiger partial charge in [-0.25, -0.2) is 0 Å². The number of carbonyl (C=O) groups is 2. The second-order valence-corrected chi connectivity index (χ2v) is 5.89. The van der Waals surface area contributed by atoms with Crippen LogP contribution in [0.5, 0.6) is 0 Å². The first kappa shape index (κ1) is 14.0. The zero-order chi connectivity index (χ0) is 16.0. The Morgan fingerprint density at radius 1 is 0.957 bits per heavy atom. The van der Waals surface area contributed by atoms with E-state index in [1.165, 1.54) is 0 Å². The lowest BCUT2D eigenvalue weighted by molar-refractivity contribution is -0.145. The topological polar surface area (TPSA) is 75.6 Å². The molecule has 23 heavy (non-hydrogen) atoms. The third-order valence-corrected chi connectivity index (χ3v) is 4.50. The first-order valence-corrected chi connectivity index (χ1v) is 7.50. The molecule has 2 N–H and O–H groups in total. The summed E-state index contributed by atoms with van der Waals surface area (Å²) in [5, 5.41) is 14.3. The van der Waals surface area contributed by atoms with Gasteiger partial charge in [-0.1, -0.05) is 42.5 Å². The summed E-state index contributed by atoms with van der Waals surface area (Å²) in [5.41, 5.74) is 0.657. The van der Waals surface area contributed by atoms with Gasteiger partial charge in [-0.15, -0.1) is 0 Å².